The zero-order valence-electron chi connectivity index (χ0n) is 12.2. The molecule has 4 aromatic rings. The van der Waals surface area contributed by atoms with Crippen LogP contribution in [0.5, 0.6) is 5.75 Å². The maximum atomic E-state index is 9.55. The fourth-order valence-corrected chi connectivity index (χ4v) is 2.51. The molecule has 0 aromatic carbocycles. The first-order valence-electron chi connectivity index (χ1n) is 6.93. The van der Waals surface area contributed by atoms with Crippen molar-refractivity contribution in [1.82, 2.24) is 24.6 Å². The summed E-state index contributed by atoms with van der Waals surface area (Å²) in [6.07, 6.45) is 4.87. The molecule has 0 amide bonds. The average molecular weight is 307 g/mol. The number of nitrogen functional groups attached to an aromatic ring is 1. The fraction of sp³-hybridized carbons (Fsp3) is 0.0667. The van der Waals surface area contributed by atoms with Crippen molar-refractivity contribution < 1.29 is 5.11 Å². The molecule has 0 aliphatic heterocycles. The molecular formula is C15H13N7O. The molecule has 0 saturated carbocycles. The molecule has 0 fully saturated rings. The molecule has 0 aliphatic rings. The van der Waals surface area contributed by atoms with E-state index < -0.39 is 0 Å². The van der Waals surface area contributed by atoms with Gasteiger partial charge in [-0.15, -0.1) is 5.10 Å². The summed E-state index contributed by atoms with van der Waals surface area (Å²) in [5.41, 5.74) is 7.20. The summed E-state index contributed by atoms with van der Waals surface area (Å²) in [7, 11) is 1.80. The van der Waals surface area contributed by atoms with Gasteiger partial charge in [-0.05, 0) is 18.2 Å². The second-order valence-corrected chi connectivity index (χ2v) is 5.05. The molecule has 0 bridgehead atoms. The molecule has 23 heavy (non-hydrogen) atoms. The SMILES string of the molecule is CNc1ncc(-c2nc3ccc(O)cn3n2)c2cc(N)ncc12. The summed E-state index contributed by atoms with van der Waals surface area (Å²) >= 11 is 0. The van der Waals surface area contributed by atoms with Crippen molar-refractivity contribution in [3.05, 3.63) is 36.8 Å². The van der Waals surface area contributed by atoms with Gasteiger partial charge < -0.3 is 16.2 Å². The Morgan fingerprint density at radius 3 is 2.87 bits per heavy atom. The highest BCUT2D eigenvalue weighted by Crippen LogP contribution is 2.30. The van der Waals surface area contributed by atoms with Crippen LogP contribution in [0.2, 0.25) is 0 Å². The third kappa shape index (κ3) is 2.08. The lowest BCUT2D eigenvalue weighted by atomic mass is 10.1. The molecule has 4 aromatic heterocycles. The van der Waals surface area contributed by atoms with Crippen LogP contribution in [-0.4, -0.2) is 36.7 Å². The van der Waals surface area contributed by atoms with Crippen LogP contribution < -0.4 is 11.1 Å². The first-order chi connectivity index (χ1) is 11.2. The monoisotopic (exact) mass is 307 g/mol. The topological polar surface area (TPSA) is 114 Å². The van der Waals surface area contributed by atoms with Gasteiger partial charge in [-0.3, -0.25) is 0 Å². The molecule has 0 unspecified atom stereocenters. The summed E-state index contributed by atoms with van der Waals surface area (Å²) in [5.74, 6) is 1.74. The van der Waals surface area contributed by atoms with E-state index in [9.17, 15) is 5.11 Å². The van der Waals surface area contributed by atoms with Crippen molar-refractivity contribution in [2.45, 2.75) is 0 Å². The van der Waals surface area contributed by atoms with Crippen molar-refractivity contribution in [2.24, 2.45) is 0 Å². The van der Waals surface area contributed by atoms with Crippen LogP contribution in [-0.2, 0) is 0 Å². The van der Waals surface area contributed by atoms with Crippen molar-refractivity contribution in [1.29, 1.82) is 0 Å². The van der Waals surface area contributed by atoms with Crippen molar-refractivity contribution in [2.75, 3.05) is 18.1 Å². The number of aromatic hydroxyl groups is 1. The minimum Gasteiger partial charge on any atom is -0.506 e. The van der Waals surface area contributed by atoms with Gasteiger partial charge in [0.2, 0.25) is 0 Å². The van der Waals surface area contributed by atoms with E-state index in [1.807, 2.05) is 0 Å². The minimum atomic E-state index is 0.121. The van der Waals surface area contributed by atoms with Crippen LogP contribution in [0.1, 0.15) is 0 Å². The molecule has 0 radical (unpaired) electrons. The number of fused-ring (bicyclic) bond motifs is 2. The van der Waals surface area contributed by atoms with Crippen LogP contribution >= 0.6 is 0 Å². The van der Waals surface area contributed by atoms with Crippen molar-refractivity contribution >= 4 is 28.1 Å². The Balaban J connectivity index is 2.01. The van der Waals surface area contributed by atoms with E-state index >= 15 is 0 Å². The molecular weight excluding hydrogens is 294 g/mol. The van der Waals surface area contributed by atoms with E-state index in [0.717, 1.165) is 16.3 Å². The zero-order chi connectivity index (χ0) is 16.0. The number of rotatable bonds is 2. The molecule has 8 heteroatoms. The Morgan fingerprint density at radius 2 is 2.04 bits per heavy atom. The first kappa shape index (κ1) is 13.3. The van der Waals surface area contributed by atoms with Gasteiger partial charge in [0, 0.05) is 35.8 Å². The van der Waals surface area contributed by atoms with Crippen LogP contribution in [0, 0.1) is 0 Å². The lowest BCUT2D eigenvalue weighted by molar-refractivity contribution is 0.470. The molecule has 0 aliphatic carbocycles. The average Bonchev–Trinajstić information content (AvgIpc) is 2.96. The van der Waals surface area contributed by atoms with Gasteiger partial charge in [-0.2, -0.15) is 0 Å². The van der Waals surface area contributed by atoms with E-state index in [2.05, 4.69) is 25.4 Å². The minimum absolute atomic E-state index is 0.121. The van der Waals surface area contributed by atoms with E-state index in [1.54, 1.807) is 37.6 Å². The molecule has 0 atom stereocenters. The predicted octanol–water partition coefficient (Wildman–Crippen LogP) is 1.67. The van der Waals surface area contributed by atoms with Crippen LogP contribution in [0.25, 0.3) is 27.8 Å². The predicted molar refractivity (Wildman–Crippen MR) is 87.1 cm³/mol. The maximum Gasteiger partial charge on any atom is 0.184 e. The molecule has 4 rings (SSSR count). The number of nitrogens with zero attached hydrogens (tertiary/aromatic N) is 5. The standard InChI is InChI=1S/C15H13N7O/c1-17-14-10-5-18-12(16)4-9(10)11(6-19-14)15-20-13-3-2-8(23)7-22(13)21-15/h2-7,23H,1H3,(H2,16,18)(H,17,19). The van der Waals surface area contributed by atoms with Crippen molar-refractivity contribution in [3.63, 3.8) is 0 Å². The molecule has 0 spiro atoms. The zero-order valence-corrected chi connectivity index (χ0v) is 12.2. The number of hydrogen-bond acceptors (Lipinski definition) is 7. The van der Waals surface area contributed by atoms with Gasteiger partial charge >= 0.3 is 0 Å². The first-order valence-corrected chi connectivity index (χ1v) is 6.93. The molecule has 0 saturated heterocycles. The number of nitrogens with one attached hydrogen (secondary N) is 1. The van der Waals surface area contributed by atoms with Gasteiger partial charge in [0.05, 0.1) is 6.20 Å². The van der Waals surface area contributed by atoms with E-state index in [-0.39, 0.29) is 5.75 Å². The molecule has 4 heterocycles. The number of pyridine rings is 3. The molecule has 8 nitrogen and oxygen atoms in total. The van der Waals surface area contributed by atoms with Gasteiger partial charge in [0.15, 0.2) is 11.5 Å². The molecule has 4 N–H and O–H groups in total. The Hall–Kier alpha value is -3.42. The number of anilines is 2. The number of hydrogen-bond donors (Lipinski definition) is 3. The highest BCUT2D eigenvalue weighted by atomic mass is 16.3. The highest BCUT2D eigenvalue weighted by Gasteiger charge is 2.14. The van der Waals surface area contributed by atoms with Gasteiger partial charge in [-0.1, -0.05) is 0 Å². The van der Waals surface area contributed by atoms with Gasteiger partial charge in [0.25, 0.3) is 0 Å². The molecule has 114 valence electrons. The third-order valence-corrected chi connectivity index (χ3v) is 3.59. The second kappa shape index (κ2) is 4.80. The maximum absolute atomic E-state index is 9.55. The summed E-state index contributed by atoms with van der Waals surface area (Å²) in [6, 6.07) is 5.03. The summed E-state index contributed by atoms with van der Waals surface area (Å²) in [6.45, 7) is 0. The lowest BCUT2D eigenvalue weighted by Gasteiger charge is -2.08. The van der Waals surface area contributed by atoms with Gasteiger partial charge in [0.1, 0.15) is 17.4 Å². The smallest absolute Gasteiger partial charge is 0.184 e. The van der Waals surface area contributed by atoms with E-state index in [4.69, 9.17) is 5.73 Å². The van der Waals surface area contributed by atoms with Crippen LogP contribution in [0.3, 0.4) is 0 Å². The Labute approximate surface area is 130 Å². The quantitative estimate of drug-likeness (QED) is 0.516. The van der Waals surface area contributed by atoms with E-state index in [1.165, 1.54) is 10.7 Å². The Bertz CT molecular complexity index is 1040. The highest BCUT2D eigenvalue weighted by molar-refractivity contribution is 6.01. The van der Waals surface area contributed by atoms with Gasteiger partial charge in [-0.25, -0.2) is 19.5 Å². The summed E-state index contributed by atoms with van der Waals surface area (Å²) in [5, 5.41) is 18.7. The third-order valence-electron chi connectivity index (χ3n) is 3.59. The summed E-state index contributed by atoms with van der Waals surface area (Å²) < 4.78 is 1.52. The van der Waals surface area contributed by atoms with Crippen molar-refractivity contribution in [3.8, 4) is 17.1 Å². The van der Waals surface area contributed by atoms with E-state index in [0.29, 0.717) is 23.1 Å². The van der Waals surface area contributed by atoms with Crippen LogP contribution in [0.4, 0.5) is 11.6 Å². The largest absolute Gasteiger partial charge is 0.506 e. The Kier molecular flexibility index (Phi) is 2.77. The second-order valence-electron chi connectivity index (χ2n) is 5.05. The Morgan fingerprint density at radius 1 is 1.17 bits per heavy atom. The fourth-order valence-electron chi connectivity index (χ4n) is 2.51. The number of aromatic nitrogens is 5. The van der Waals surface area contributed by atoms with Crippen LogP contribution in [0.15, 0.2) is 36.8 Å². The summed E-state index contributed by atoms with van der Waals surface area (Å²) in [4.78, 5) is 13.0. The number of nitrogens with two attached hydrogens (primary N) is 1. The normalized spacial score (nSPS) is 11.2. The lowest BCUT2D eigenvalue weighted by Crippen LogP contribution is -1.98.